The van der Waals surface area contributed by atoms with Gasteiger partial charge in [-0.25, -0.2) is 0 Å². The second kappa shape index (κ2) is 6.97. The molecule has 2 rings (SSSR count). The molecular weight excluding hydrogens is 309 g/mol. The number of carbonyl (C=O) groups excluding carboxylic acids is 1. The van der Waals surface area contributed by atoms with Gasteiger partial charge < -0.3 is 10.6 Å². The molecule has 21 heavy (non-hydrogen) atoms. The first kappa shape index (κ1) is 16.6. The number of halogens is 2. The molecule has 1 amide bonds. The number of hydrogen-bond donors (Lipinski definition) is 2. The van der Waals surface area contributed by atoms with Crippen molar-refractivity contribution in [2.45, 2.75) is 13.3 Å². The molecule has 6 heteroatoms. The number of nitrogens with zero attached hydrogens (tertiary/aromatic N) is 1. The van der Waals surface area contributed by atoms with Crippen LogP contribution in [0.25, 0.3) is 0 Å². The fourth-order valence-electron chi connectivity index (χ4n) is 2.73. The normalized spacial score (nSPS) is 21.8. The van der Waals surface area contributed by atoms with Gasteiger partial charge in [0.1, 0.15) is 0 Å². The summed E-state index contributed by atoms with van der Waals surface area (Å²) in [6, 6.07) is 5.08. The predicted octanol–water partition coefficient (Wildman–Crippen LogP) is 2.86. The summed E-state index contributed by atoms with van der Waals surface area (Å²) >= 11 is 11.8. The van der Waals surface area contributed by atoms with Gasteiger partial charge in [0.05, 0.1) is 16.6 Å². The maximum Gasteiger partial charge on any atom is 0.238 e. The number of rotatable bonds is 5. The molecule has 0 spiro atoms. The first-order chi connectivity index (χ1) is 9.88. The maximum atomic E-state index is 12.1. The molecule has 1 aromatic carbocycles. The predicted molar refractivity (Wildman–Crippen MR) is 88.2 cm³/mol. The first-order valence-electron chi connectivity index (χ1n) is 7.02. The minimum absolute atomic E-state index is 0.0505. The Labute approximate surface area is 135 Å². The van der Waals surface area contributed by atoms with Gasteiger partial charge in [-0.1, -0.05) is 30.1 Å². The van der Waals surface area contributed by atoms with Crippen LogP contribution in [0.2, 0.25) is 10.0 Å². The lowest BCUT2D eigenvalue weighted by Crippen LogP contribution is -2.39. The van der Waals surface area contributed by atoms with Gasteiger partial charge in [-0.05, 0) is 43.6 Å². The number of nitrogens with one attached hydrogen (secondary N) is 2. The molecule has 0 aromatic heterocycles. The Bertz CT molecular complexity index is 516. The average Bonchev–Trinajstić information content (AvgIpc) is 2.79. The standard InChI is InChI=1S/C15H21Cl2N3O/c1-15(5-6-18-9-15)10-20(2)8-14(21)19-11-3-4-12(16)13(17)7-11/h3-4,7,18H,5-6,8-10H2,1-2H3,(H,19,21). The first-order valence-corrected chi connectivity index (χ1v) is 7.78. The third-order valence-electron chi connectivity index (χ3n) is 3.73. The Hall–Kier alpha value is -0.810. The Morgan fingerprint density at radius 2 is 2.19 bits per heavy atom. The van der Waals surface area contributed by atoms with E-state index < -0.39 is 0 Å². The molecule has 1 aromatic rings. The number of benzene rings is 1. The van der Waals surface area contributed by atoms with Crippen molar-refractivity contribution in [2.24, 2.45) is 5.41 Å². The summed E-state index contributed by atoms with van der Waals surface area (Å²) in [6.45, 7) is 5.57. The van der Waals surface area contributed by atoms with Gasteiger partial charge >= 0.3 is 0 Å². The highest BCUT2D eigenvalue weighted by atomic mass is 35.5. The summed E-state index contributed by atoms with van der Waals surface area (Å²) < 4.78 is 0. The van der Waals surface area contributed by atoms with Crippen molar-refractivity contribution in [2.75, 3.05) is 38.5 Å². The fraction of sp³-hybridized carbons (Fsp3) is 0.533. The molecule has 1 aliphatic rings. The van der Waals surface area contributed by atoms with Crippen LogP contribution < -0.4 is 10.6 Å². The zero-order chi connectivity index (χ0) is 15.5. The summed E-state index contributed by atoms with van der Waals surface area (Å²) in [4.78, 5) is 14.1. The zero-order valence-electron chi connectivity index (χ0n) is 12.4. The number of carbonyl (C=O) groups is 1. The zero-order valence-corrected chi connectivity index (χ0v) is 13.9. The number of anilines is 1. The minimum Gasteiger partial charge on any atom is -0.325 e. The molecule has 0 aliphatic carbocycles. The van der Waals surface area contributed by atoms with E-state index in [4.69, 9.17) is 23.2 Å². The van der Waals surface area contributed by atoms with Crippen LogP contribution in [-0.4, -0.2) is 44.0 Å². The van der Waals surface area contributed by atoms with Crippen LogP contribution in [0.4, 0.5) is 5.69 Å². The largest absolute Gasteiger partial charge is 0.325 e. The highest BCUT2D eigenvalue weighted by Gasteiger charge is 2.30. The Kier molecular flexibility index (Phi) is 5.49. The summed E-state index contributed by atoms with van der Waals surface area (Å²) in [6.07, 6.45) is 1.14. The van der Waals surface area contributed by atoms with Crippen molar-refractivity contribution in [1.29, 1.82) is 0 Å². The number of amides is 1. The van der Waals surface area contributed by atoms with Crippen molar-refractivity contribution in [3.05, 3.63) is 28.2 Å². The lowest BCUT2D eigenvalue weighted by atomic mass is 9.89. The monoisotopic (exact) mass is 329 g/mol. The van der Waals surface area contributed by atoms with Gasteiger partial charge in [-0.3, -0.25) is 9.69 Å². The molecule has 1 saturated heterocycles. The van der Waals surface area contributed by atoms with Gasteiger partial charge in [0.25, 0.3) is 0 Å². The summed E-state index contributed by atoms with van der Waals surface area (Å²) in [5, 5.41) is 7.12. The van der Waals surface area contributed by atoms with Crippen LogP contribution >= 0.6 is 23.2 Å². The Morgan fingerprint density at radius 3 is 2.81 bits per heavy atom. The van der Waals surface area contributed by atoms with Crippen molar-refractivity contribution in [3.63, 3.8) is 0 Å². The molecular formula is C15H21Cl2N3O. The van der Waals surface area contributed by atoms with E-state index in [0.29, 0.717) is 22.3 Å². The SMILES string of the molecule is CN(CC(=O)Nc1ccc(Cl)c(Cl)c1)CC1(C)CCNC1. The average molecular weight is 330 g/mol. The van der Waals surface area contributed by atoms with Crippen molar-refractivity contribution < 1.29 is 4.79 Å². The second-order valence-corrected chi connectivity index (χ2v) is 6.90. The van der Waals surface area contributed by atoms with Crippen LogP contribution in [0.5, 0.6) is 0 Å². The molecule has 2 N–H and O–H groups in total. The summed E-state index contributed by atoms with van der Waals surface area (Å²) in [5.74, 6) is -0.0505. The van der Waals surface area contributed by atoms with Gasteiger partial charge in [0.2, 0.25) is 5.91 Å². The lowest BCUT2D eigenvalue weighted by Gasteiger charge is -2.28. The van der Waals surface area contributed by atoms with Crippen molar-refractivity contribution in [3.8, 4) is 0 Å². The topological polar surface area (TPSA) is 44.4 Å². The van der Waals surface area contributed by atoms with E-state index in [9.17, 15) is 4.79 Å². The van der Waals surface area contributed by atoms with Gasteiger partial charge in [-0.15, -0.1) is 0 Å². The maximum absolute atomic E-state index is 12.1. The van der Waals surface area contributed by atoms with E-state index >= 15 is 0 Å². The highest BCUT2D eigenvalue weighted by molar-refractivity contribution is 6.42. The minimum atomic E-state index is -0.0505. The summed E-state index contributed by atoms with van der Waals surface area (Å²) in [7, 11) is 1.97. The lowest BCUT2D eigenvalue weighted by molar-refractivity contribution is -0.117. The quantitative estimate of drug-likeness (QED) is 0.873. The molecule has 0 saturated carbocycles. The smallest absolute Gasteiger partial charge is 0.238 e. The highest BCUT2D eigenvalue weighted by Crippen LogP contribution is 2.26. The number of likely N-dealkylation sites (N-methyl/N-ethyl adjacent to an activating group) is 1. The second-order valence-electron chi connectivity index (χ2n) is 6.09. The third-order valence-corrected chi connectivity index (χ3v) is 4.46. The molecule has 1 atom stereocenters. The van der Waals surface area contributed by atoms with Crippen molar-refractivity contribution >= 4 is 34.8 Å². The molecule has 1 aliphatic heterocycles. The molecule has 116 valence electrons. The van der Waals surface area contributed by atoms with Crippen LogP contribution in [0, 0.1) is 5.41 Å². The molecule has 0 radical (unpaired) electrons. The molecule has 1 fully saturated rings. The number of hydrogen-bond acceptors (Lipinski definition) is 3. The fourth-order valence-corrected chi connectivity index (χ4v) is 3.03. The molecule has 4 nitrogen and oxygen atoms in total. The van der Waals surface area contributed by atoms with Gasteiger partial charge in [-0.2, -0.15) is 0 Å². The molecule has 0 bridgehead atoms. The summed E-state index contributed by atoms with van der Waals surface area (Å²) in [5.41, 5.74) is 0.912. The van der Waals surface area contributed by atoms with Gasteiger partial charge in [0.15, 0.2) is 0 Å². The van der Waals surface area contributed by atoms with Crippen LogP contribution in [0.15, 0.2) is 18.2 Å². The van der Waals surface area contributed by atoms with E-state index in [1.54, 1.807) is 18.2 Å². The Balaban J connectivity index is 1.84. The molecule has 1 unspecified atom stereocenters. The van der Waals surface area contributed by atoms with E-state index in [-0.39, 0.29) is 11.3 Å². The van der Waals surface area contributed by atoms with Crippen molar-refractivity contribution in [1.82, 2.24) is 10.2 Å². The van der Waals surface area contributed by atoms with E-state index in [0.717, 1.165) is 26.1 Å². The van der Waals surface area contributed by atoms with E-state index in [1.807, 2.05) is 7.05 Å². The van der Waals surface area contributed by atoms with Crippen LogP contribution in [-0.2, 0) is 4.79 Å². The Morgan fingerprint density at radius 1 is 1.43 bits per heavy atom. The van der Waals surface area contributed by atoms with E-state index in [2.05, 4.69) is 22.5 Å². The third kappa shape index (κ3) is 4.85. The van der Waals surface area contributed by atoms with Crippen LogP contribution in [0.1, 0.15) is 13.3 Å². The molecule has 1 heterocycles. The van der Waals surface area contributed by atoms with E-state index in [1.165, 1.54) is 0 Å². The van der Waals surface area contributed by atoms with Gasteiger partial charge in [0, 0.05) is 18.8 Å². The van der Waals surface area contributed by atoms with Crippen LogP contribution in [0.3, 0.4) is 0 Å².